The number of carbonyl (C=O) groups is 2. The van der Waals surface area contributed by atoms with Gasteiger partial charge in [-0.05, 0) is 43.2 Å². The molecule has 0 spiro atoms. The second kappa shape index (κ2) is 6.87. The van der Waals surface area contributed by atoms with Crippen LogP contribution in [0.2, 0.25) is 0 Å². The fourth-order valence-electron chi connectivity index (χ4n) is 2.06. The van der Waals surface area contributed by atoms with Crippen molar-refractivity contribution in [3.8, 4) is 0 Å². The van der Waals surface area contributed by atoms with E-state index in [0.717, 1.165) is 11.1 Å². The molecule has 0 bridgehead atoms. The number of amides is 2. The van der Waals surface area contributed by atoms with Crippen molar-refractivity contribution < 1.29 is 9.59 Å². The van der Waals surface area contributed by atoms with Crippen molar-refractivity contribution >= 4 is 23.2 Å². The zero-order valence-corrected chi connectivity index (χ0v) is 12.6. The zero-order valence-electron chi connectivity index (χ0n) is 12.6. The van der Waals surface area contributed by atoms with Crippen LogP contribution >= 0.6 is 0 Å². The monoisotopic (exact) mass is 297 g/mol. The molecule has 0 fully saturated rings. The molecule has 0 aliphatic heterocycles. The van der Waals surface area contributed by atoms with Gasteiger partial charge in [-0.1, -0.05) is 24.3 Å². The van der Waals surface area contributed by atoms with E-state index in [1.807, 2.05) is 38.1 Å². The molecule has 0 saturated carbocycles. The lowest BCUT2D eigenvalue weighted by Gasteiger charge is -2.12. The van der Waals surface area contributed by atoms with Gasteiger partial charge in [0.25, 0.3) is 5.91 Å². The molecule has 2 aromatic rings. The van der Waals surface area contributed by atoms with E-state index in [-0.39, 0.29) is 18.4 Å². The highest BCUT2D eigenvalue weighted by atomic mass is 16.2. The Hall–Kier alpha value is -2.66. The number of benzene rings is 2. The topological polar surface area (TPSA) is 84.2 Å². The minimum absolute atomic E-state index is 0.0845. The highest BCUT2D eigenvalue weighted by molar-refractivity contribution is 6.06. The number of hydrogen-bond acceptors (Lipinski definition) is 3. The molecular formula is C17H19N3O2. The van der Waals surface area contributed by atoms with Crippen LogP contribution in [0.4, 0.5) is 11.4 Å². The van der Waals surface area contributed by atoms with Gasteiger partial charge in [0.1, 0.15) is 0 Å². The molecule has 0 unspecified atom stereocenters. The molecule has 2 rings (SSSR count). The quantitative estimate of drug-likeness (QED) is 0.810. The maximum absolute atomic E-state index is 12.4. The Morgan fingerprint density at radius 2 is 1.73 bits per heavy atom. The molecule has 2 amide bonds. The van der Waals surface area contributed by atoms with Crippen molar-refractivity contribution in [3.05, 3.63) is 59.2 Å². The summed E-state index contributed by atoms with van der Waals surface area (Å²) in [5.74, 6) is -0.455. The Bertz CT molecular complexity index is 711. The van der Waals surface area contributed by atoms with E-state index in [1.54, 1.807) is 18.2 Å². The van der Waals surface area contributed by atoms with Gasteiger partial charge >= 0.3 is 0 Å². The summed E-state index contributed by atoms with van der Waals surface area (Å²) in [5, 5.41) is 5.55. The first-order valence-corrected chi connectivity index (χ1v) is 6.99. The predicted octanol–water partition coefficient (Wildman–Crippen LogP) is 2.45. The van der Waals surface area contributed by atoms with Gasteiger partial charge in [-0.3, -0.25) is 9.59 Å². The van der Waals surface area contributed by atoms with E-state index < -0.39 is 0 Å². The van der Waals surface area contributed by atoms with Gasteiger partial charge in [0.05, 0.1) is 6.54 Å². The van der Waals surface area contributed by atoms with Crippen molar-refractivity contribution in [1.82, 2.24) is 0 Å². The van der Waals surface area contributed by atoms with Crippen molar-refractivity contribution in [2.45, 2.75) is 13.8 Å². The number of rotatable bonds is 4. The molecule has 5 nitrogen and oxygen atoms in total. The summed E-state index contributed by atoms with van der Waals surface area (Å²) in [6.45, 7) is 3.69. The number of nitrogens with two attached hydrogens (primary N) is 1. The Kier molecular flexibility index (Phi) is 4.91. The summed E-state index contributed by atoms with van der Waals surface area (Å²) in [6.07, 6.45) is 0. The van der Waals surface area contributed by atoms with Gasteiger partial charge in [0, 0.05) is 16.9 Å². The fraction of sp³-hybridized carbons (Fsp3) is 0.176. The number of anilines is 2. The molecule has 0 saturated heterocycles. The second-order valence-corrected chi connectivity index (χ2v) is 5.05. The summed E-state index contributed by atoms with van der Waals surface area (Å²) in [7, 11) is 0. The van der Waals surface area contributed by atoms with Gasteiger partial charge in [-0.2, -0.15) is 0 Å². The van der Waals surface area contributed by atoms with E-state index in [4.69, 9.17) is 5.73 Å². The Labute approximate surface area is 129 Å². The fourth-order valence-corrected chi connectivity index (χ4v) is 2.06. The van der Waals surface area contributed by atoms with E-state index in [1.165, 1.54) is 0 Å². The lowest BCUT2D eigenvalue weighted by molar-refractivity contribution is -0.114. The average Bonchev–Trinajstić information content (AvgIpc) is 2.50. The Morgan fingerprint density at radius 1 is 1.00 bits per heavy atom. The largest absolute Gasteiger partial charge is 0.325 e. The van der Waals surface area contributed by atoms with Crippen molar-refractivity contribution in [1.29, 1.82) is 0 Å². The first-order chi connectivity index (χ1) is 10.5. The summed E-state index contributed by atoms with van der Waals surface area (Å²) >= 11 is 0. The highest BCUT2D eigenvalue weighted by Crippen LogP contribution is 2.21. The number of hydrogen-bond donors (Lipinski definition) is 3. The van der Waals surface area contributed by atoms with Crippen LogP contribution in [0.1, 0.15) is 21.5 Å². The van der Waals surface area contributed by atoms with Gasteiger partial charge in [-0.25, -0.2) is 0 Å². The van der Waals surface area contributed by atoms with Crippen LogP contribution in [-0.2, 0) is 4.79 Å². The molecule has 0 radical (unpaired) electrons. The zero-order chi connectivity index (χ0) is 16.1. The maximum atomic E-state index is 12.4. The van der Waals surface area contributed by atoms with Crippen LogP contribution in [0.15, 0.2) is 42.5 Å². The number of aryl methyl sites for hydroxylation is 2. The van der Waals surface area contributed by atoms with E-state index in [2.05, 4.69) is 10.6 Å². The second-order valence-electron chi connectivity index (χ2n) is 5.05. The lowest BCUT2D eigenvalue weighted by atomic mass is 10.1. The molecule has 114 valence electrons. The molecule has 0 aromatic heterocycles. The van der Waals surface area contributed by atoms with Crippen LogP contribution in [0.3, 0.4) is 0 Å². The summed E-state index contributed by atoms with van der Waals surface area (Å²) in [4.78, 5) is 23.7. The Morgan fingerprint density at radius 3 is 2.41 bits per heavy atom. The van der Waals surface area contributed by atoms with Gasteiger partial charge in [0.2, 0.25) is 5.91 Å². The summed E-state index contributed by atoms with van der Waals surface area (Å²) in [6, 6.07) is 12.7. The predicted molar refractivity (Wildman–Crippen MR) is 88.0 cm³/mol. The summed E-state index contributed by atoms with van der Waals surface area (Å²) in [5.41, 5.74) is 8.97. The average molecular weight is 297 g/mol. The molecule has 2 aromatic carbocycles. The van der Waals surface area contributed by atoms with Gasteiger partial charge in [-0.15, -0.1) is 0 Å². The van der Waals surface area contributed by atoms with Crippen LogP contribution < -0.4 is 16.4 Å². The molecule has 0 heterocycles. The smallest absolute Gasteiger partial charge is 0.255 e. The molecule has 22 heavy (non-hydrogen) atoms. The lowest BCUT2D eigenvalue weighted by Crippen LogP contribution is -2.22. The highest BCUT2D eigenvalue weighted by Gasteiger charge is 2.11. The molecule has 0 atom stereocenters. The number of nitrogens with one attached hydrogen (secondary N) is 2. The van der Waals surface area contributed by atoms with E-state index in [0.29, 0.717) is 16.9 Å². The molecule has 5 heteroatoms. The Balaban J connectivity index is 2.22. The third-order valence-electron chi connectivity index (χ3n) is 3.34. The minimum Gasteiger partial charge on any atom is -0.325 e. The molecule has 0 aliphatic carbocycles. The first-order valence-electron chi connectivity index (χ1n) is 6.99. The van der Waals surface area contributed by atoms with E-state index in [9.17, 15) is 9.59 Å². The SMILES string of the molecule is Cc1ccc(NC(=O)CN)cc1NC(=O)c1ccccc1C. The minimum atomic E-state index is -0.278. The third kappa shape index (κ3) is 3.71. The van der Waals surface area contributed by atoms with Gasteiger partial charge in [0.15, 0.2) is 0 Å². The van der Waals surface area contributed by atoms with Crippen LogP contribution in [0.5, 0.6) is 0 Å². The van der Waals surface area contributed by atoms with Crippen LogP contribution in [-0.4, -0.2) is 18.4 Å². The first kappa shape index (κ1) is 15.7. The standard InChI is InChI=1S/C17H19N3O2/c1-11-5-3-4-6-14(11)17(22)20-15-9-13(8-7-12(15)2)19-16(21)10-18/h3-9H,10,18H2,1-2H3,(H,19,21)(H,20,22). The molecular weight excluding hydrogens is 278 g/mol. The van der Waals surface area contributed by atoms with Crippen molar-refractivity contribution in [2.75, 3.05) is 17.2 Å². The number of carbonyl (C=O) groups excluding carboxylic acids is 2. The van der Waals surface area contributed by atoms with Crippen molar-refractivity contribution in [3.63, 3.8) is 0 Å². The van der Waals surface area contributed by atoms with E-state index >= 15 is 0 Å². The third-order valence-corrected chi connectivity index (χ3v) is 3.34. The molecule has 4 N–H and O–H groups in total. The van der Waals surface area contributed by atoms with Crippen LogP contribution in [0.25, 0.3) is 0 Å². The van der Waals surface area contributed by atoms with Gasteiger partial charge < -0.3 is 16.4 Å². The van der Waals surface area contributed by atoms with Crippen LogP contribution in [0, 0.1) is 13.8 Å². The normalized spacial score (nSPS) is 10.1. The molecule has 0 aliphatic rings. The van der Waals surface area contributed by atoms with Crippen molar-refractivity contribution in [2.24, 2.45) is 5.73 Å². The maximum Gasteiger partial charge on any atom is 0.255 e. The summed E-state index contributed by atoms with van der Waals surface area (Å²) < 4.78 is 0.